The van der Waals surface area contributed by atoms with E-state index in [9.17, 15) is 14.9 Å². The van der Waals surface area contributed by atoms with Gasteiger partial charge in [-0.25, -0.2) is 0 Å². The zero-order valence-electron chi connectivity index (χ0n) is 14.7. The first kappa shape index (κ1) is 19.8. The standard InChI is InChI=1S/C20H16N2O4S2/c1-2-11-21-19(23)18(28-20(21)27)12-14-5-9-17(10-6-14)26-13-15-3-7-16(8-4-15)22(24)25/h2-10,12H,1,11,13H2/b18-12-. The summed E-state index contributed by atoms with van der Waals surface area (Å²) in [4.78, 5) is 24.7. The Morgan fingerprint density at radius 1 is 1.18 bits per heavy atom. The molecule has 2 aromatic rings. The summed E-state index contributed by atoms with van der Waals surface area (Å²) in [6.07, 6.45) is 3.44. The fourth-order valence-corrected chi connectivity index (χ4v) is 3.75. The molecule has 142 valence electrons. The van der Waals surface area contributed by atoms with Crippen molar-refractivity contribution < 1.29 is 14.5 Å². The van der Waals surface area contributed by atoms with E-state index < -0.39 is 4.92 Å². The van der Waals surface area contributed by atoms with Crippen LogP contribution in [0.2, 0.25) is 0 Å². The molecule has 1 heterocycles. The van der Waals surface area contributed by atoms with E-state index in [4.69, 9.17) is 17.0 Å². The number of benzene rings is 2. The van der Waals surface area contributed by atoms with Crippen molar-refractivity contribution in [3.05, 3.63) is 87.3 Å². The number of hydrogen-bond donors (Lipinski definition) is 0. The number of nitro groups is 1. The van der Waals surface area contributed by atoms with Crippen LogP contribution in [0.4, 0.5) is 5.69 Å². The van der Waals surface area contributed by atoms with E-state index in [2.05, 4.69) is 6.58 Å². The van der Waals surface area contributed by atoms with Gasteiger partial charge in [-0.3, -0.25) is 19.8 Å². The van der Waals surface area contributed by atoms with E-state index in [1.165, 1.54) is 28.8 Å². The molecule has 0 radical (unpaired) electrons. The molecule has 0 N–H and O–H groups in total. The van der Waals surface area contributed by atoms with Crippen LogP contribution in [-0.4, -0.2) is 26.6 Å². The van der Waals surface area contributed by atoms with Crippen molar-refractivity contribution >= 4 is 46.0 Å². The van der Waals surface area contributed by atoms with Gasteiger partial charge >= 0.3 is 0 Å². The molecule has 1 amide bonds. The molecular formula is C20H16N2O4S2. The number of ether oxygens (including phenoxy) is 1. The lowest BCUT2D eigenvalue weighted by Gasteiger charge is -2.10. The Bertz CT molecular complexity index is 953. The first-order valence-electron chi connectivity index (χ1n) is 8.30. The van der Waals surface area contributed by atoms with Gasteiger partial charge in [-0.2, -0.15) is 0 Å². The van der Waals surface area contributed by atoms with Gasteiger partial charge < -0.3 is 4.74 Å². The van der Waals surface area contributed by atoms with Crippen LogP contribution in [-0.2, 0) is 11.4 Å². The number of hydrogen-bond acceptors (Lipinski definition) is 6. The lowest BCUT2D eigenvalue weighted by Crippen LogP contribution is -2.27. The number of nitrogens with zero attached hydrogens (tertiary/aromatic N) is 2. The van der Waals surface area contributed by atoms with Gasteiger partial charge in [0.2, 0.25) is 0 Å². The third kappa shape index (κ3) is 4.65. The molecule has 1 aliphatic rings. The summed E-state index contributed by atoms with van der Waals surface area (Å²) in [6, 6.07) is 13.5. The molecule has 28 heavy (non-hydrogen) atoms. The third-order valence-corrected chi connectivity index (χ3v) is 5.29. The van der Waals surface area contributed by atoms with Gasteiger partial charge in [0, 0.05) is 18.7 Å². The highest BCUT2D eigenvalue weighted by molar-refractivity contribution is 8.26. The summed E-state index contributed by atoms with van der Waals surface area (Å²) >= 11 is 6.50. The molecule has 0 saturated carbocycles. The van der Waals surface area contributed by atoms with E-state index in [-0.39, 0.29) is 11.6 Å². The lowest BCUT2D eigenvalue weighted by atomic mass is 10.2. The number of amides is 1. The molecule has 0 aliphatic carbocycles. The monoisotopic (exact) mass is 412 g/mol. The molecule has 0 unspecified atom stereocenters. The van der Waals surface area contributed by atoms with Gasteiger partial charge in [-0.15, -0.1) is 6.58 Å². The highest BCUT2D eigenvalue weighted by Crippen LogP contribution is 2.32. The average Bonchev–Trinajstić information content (AvgIpc) is 2.95. The van der Waals surface area contributed by atoms with Crippen molar-refractivity contribution in [2.75, 3.05) is 6.54 Å². The van der Waals surface area contributed by atoms with Gasteiger partial charge in [0.25, 0.3) is 11.6 Å². The maximum atomic E-state index is 12.3. The van der Waals surface area contributed by atoms with Gasteiger partial charge in [-0.05, 0) is 41.5 Å². The van der Waals surface area contributed by atoms with Crippen LogP contribution in [0.25, 0.3) is 6.08 Å². The third-order valence-electron chi connectivity index (χ3n) is 3.92. The highest BCUT2D eigenvalue weighted by Gasteiger charge is 2.30. The second-order valence-electron chi connectivity index (χ2n) is 5.86. The van der Waals surface area contributed by atoms with Crippen molar-refractivity contribution in [1.29, 1.82) is 0 Å². The Hall–Kier alpha value is -2.97. The minimum atomic E-state index is -0.436. The summed E-state index contributed by atoms with van der Waals surface area (Å²) in [5.41, 5.74) is 1.74. The molecule has 3 rings (SSSR count). The minimum Gasteiger partial charge on any atom is -0.489 e. The van der Waals surface area contributed by atoms with Crippen LogP contribution in [0, 0.1) is 10.1 Å². The first-order valence-corrected chi connectivity index (χ1v) is 9.53. The van der Waals surface area contributed by atoms with Crippen molar-refractivity contribution in [1.82, 2.24) is 4.90 Å². The molecule has 1 aliphatic heterocycles. The van der Waals surface area contributed by atoms with Crippen molar-refractivity contribution in [3.63, 3.8) is 0 Å². The second kappa shape index (κ2) is 8.81. The Morgan fingerprint density at radius 3 is 2.46 bits per heavy atom. The minimum absolute atomic E-state index is 0.0478. The van der Waals surface area contributed by atoms with E-state index in [0.29, 0.717) is 28.1 Å². The number of non-ortho nitro benzene ring substituents is 1. The van der Waals surface area contributed by atoms with E-state index in [1.807, 2.05) is 24.3 Å². The van der Waals surface area contributed by atoms with Gasteiger partial charge in [0.1, 0.15) is 16.7 Å². The summed E-state index contributed by atoms with van der Waals surface area (Å²) in [5.74, 6) is 0.545. The molecule has 0 aromatic heterocycles. The molecule has 0 bridgehead atoms. The maximum absolute atomic E-state index is 12.3. The Morgan fingerprint density at radius 2 is 1.86 bits per heavy atom. The van der Waals surface area contributed by atoms with E-state index in [1.54, 1.807) is 24.3 Å². The molecule has 1 fully saturated rings. The smallest absolute Gasteiger partial charge is 0.269 e. The summed E-state index contributed by atoms with van der Waals surface area (Å²) in [7, 11) is 0. The molecule has 0 atom stereocenters. The van der Waals surface area contributed by atoms with E-state index in [0.717, 1.165) is 11.1 Å². The topological polar surface area (TPSA) is 72.7 Å². The van der Waals surface area contributed by atoms with Gasteiger partial charge in [0.05, 0.1) is 9.83 Å². The van der Waals surface area contributed by atoms with Crippen molar-refractivity contribution in [3.8, 4) is 5.75 Å². The highest BCUT2D eigenvalue weighted by atomic mass is 32.2. The number of nitro benzene ring substituents is 1. The zero-order valence-corrected chi connectivity index (χ0v) is 16.4. The quantitative estimate of drug-likeness (QED) is 0.218. The normalized spacial score (nSPS) is 15.1. The fraction of sp³-hybridized carbons (Fsp3) is 0.100. The number of carbonyl (C=O) groups excluding carboxylic acids is 1. The molecule has 6 nitrogen and oxygen atoms in total. The molecular weight excluding hydrogens is 396 g/mol. The Balaban J connectivity index is 1.62. The van der Waals surface area contributed by atoms with Crippen LogP contribution in [0.3, 0.4) is 0 Å². The van der Waals surface area contributed by atoms with Gasteiger partial charge in [-0.1, -0.05) is 42.2 Å². The number of carbonyl (C=O) groups is 1. The molecule has 8 heteroatoms. The number of thiocarbonyl (C=S) groups is 1. The SMILES string of the molecule is C=CCN1C(=O)/C(=C/c2ccc(OCc3ccc([N+](=O)[O-])cc3)cc2)SC1=S. The van der Waals surface area contributed by atoms with Crippen molar-refractivity contribution in [2.45, 2.75) is 6.61 Å². The van der Waals surface area contributed by atoms with Crippen molar-refractivity contribution in [2.24, 2.45) is 0 Å². The predicted molar refractivity (Wildman–Crippen MR) is 114 cm³/mol. The first-order chi connectivity index (χ1) is 13.5. The second-order valence-corrected chi connectivity index (χ2v) is 7.54. The Labute approximate surface area is 171 Å². The summed E-state index contributed by atoms with van der Waals surface area (Å²) in [6.45, 7) is 4.34. The summed E-state index contributed by atoms with van der Waals surface area (Å²) in [5, 5.41) is 10.7. The van der Waals surface area contributed by atoms with E-state index >= 15 is 0 Å². The molecule has 1 saturated heterocycles. The average molecular weight is 412 g/mol. The van der Waals surface area contributed by atoms with Crippen LogP contribution >= 0.6 is 24.0 Å². The van der Waals surface area contributed by atoms with Gasteiger partial charge in [0.15, 0.2) is 0 Å². The largest absolute Gasteiger partial charge is 0.489 e. The summed E-state index contributed by atoms with van der Waals surface area (Å²) < 4.78 is 6.23. The number of rotatable bonds is 7. The van der Waals surface area contributed by atoms with Crippen LogP contribution in [0.1, 0.15) is 11.1 Å². The predicted octanol–water partition coefficient (Wildman–Crippen LogP) is 4.56. The lowest BCUT2D eigenvalue weighted by molar-refractivity contribution is -0.384. The molecule has 0 spiro atoms. The maximum Gasteiger partial charge on any atom is 0.269 e. The van der Waals surface area contributed by atoms with Crippen LogP contribution in [0.5, 0.6) is 5.75 Å². The Kier molecular flexibility index (Phi) is 6.23. The van der Waals surface area contributed by atoms with Crippen LogP contribution in [0.15, 0.2) is 66.1 Å². The van der Waals surface area contributed by atoms with Crippen LogP contribution < -0.4 is 4.74 Å². The molecule has 2 aromatic carbocycles. The fourth-order valence-electron chi connectivity index (χ4n) is 2.48. The number of thioether (sulfide) groups is 1. The zero-order chi connectivity index (χ0) is 20.1.